The number of nitrogens with zero attached hydrogens (tertiary/aromatic N) is 2. The molecule has 2 aromatic carbocycles. The molecule has 1 fully saturated rings. The van der Waals surface area contributed by atoms with E-state index in [4.69, 9.17) is 4.74 Å². The van der Waals surface area contributed by atoms with Crippen molar-refractivity contribution in [2.24, 2.45) is 4.99 Å². The van der Waals surface area contributed by atoms with E-state index < -0.39 is 5.54 Å². The molecular formula is C26H26N2O2. The van der Waals surface area contributed by atoms with Gasteiger partial charge >= 0.3 is 0 Å². The van der Waals surface area contributed by atoms with Crippen molar-refractivity contribution >= 4 is 11.7 Å². The van der Waals surface area contributed by atoms with Gasteiger partial charge in [0, 0.05) is 19.0 Å². The van der Waals surface area contributed by atoms with Crippen LogP contribution in [0.5, 0.6) is 0 Å². The van der Waals surface area contributed by atoms with Crippen LogP contribution < -0.4 is 0 Å². The minimum Gasteiger partial charge on any atom is -0.487 e. The molecule has 0 aromatic heterocycles. The van der Waals surface area contributed by atoms with Crippen LogP contribution in [0.3, 0.4) is 0 Å². The zero-order chi connectivity index (χ0) is 20.4. The Morgan fingerprint density at radius 2 is 1.53 bits per heavy atom. The fourth-order valence-corrected chi connectivity index (χ4v) is 4.77. The highest BCUT2D eigenvalue weighted by Crippen LogP contribution is 2.37. The molecule has 2 aliphatic heterocycles. The van der Waals surface area contributed by atoms with E-state index in [0.717, 1.165) is 29.7 Å². The maximum absolute atomic E-state index is 13.5. The van der Waals surface area contributed by atoms with Gasteiger partial charge in [0.1, 0.15) is 5.54 Å². The first kappa shape index (κ1) is 18.9. The standard InChI is InChI=1S/C26H26N2O2/c29-25-26(18-20-10-3-1-4-11-20,19-21-12-5-2-6-13-21)28-17-9-16-23(24(28)27-25)30-22-14-7-8-15-22/h1-6,9-13,16-17,22H,7-8,14-15,18-19H2. The largest absolute Gasteiger partial charge is 0.487 e. The lowest BCUT2D eigenvalue weighted by molar-refractivity contribution is -0.124. The van der Waals surface area contributed by atoms with Gasteiger partial charge in [0.2, 0.25) is 0 Å². The molecule has 0 atom stereocenters. The highest BCUT2D eigenvalue weighted by Gasteiger charge is 2.51. The van der Waals surface area contributed by atoms with Crippen molar-refractivity contribution in [2.75, 3.05) is 0 Å². The quantitative estimate of drug-likeness (QED) is 0.700. The molecule has 30 heavy (non-hydrogen) atoms. The van der Waals surface area contributed by atoms with Crippen molar-refractivity contribution in [3.8, 4) is 0 Å². The molecule has 1 saturated carbocycles. The Labute approximate surface area is 177 Å². The monoisotopic (exact) mass is 398 g/mol. The molecule has 0 N–H and O–H groups in total. The molecule has 0 spiro atoms. The number of allylic oxidation sites excluding steroid dienone is 2. The van der Waals surface area contributed by atoms with Crippen LogP contribution in [0.1, 0.15) is 36.8 Å². The number of amidine groups is 1. The summed E-state index contributed by atoms with van der Waals surface area (Å²) in [6, 6.07) is 20.4. The molecule has 1 amide bonds. The minimum atomic E-state index is -0.785. The highest BCUT2D eigenvalue weighted by atomic mass is 16.5. The summed E-state index contributed by atoms with van der Waals surface area (Å²) in [4.78, 5) is 20.1. The number of hydrogen-bond donors (Lipinski definition) is 0. The van der Waals surface area contributed by atoms with Crippen LogP contribution in [0.4, 0.5) is 0 Å². The molecule has 3 aliphatic rings. The van der Waals surface area contributed by atoms with Crippen LogP contribution in [-0.4, -0.2) is 28.3 Å². The maximum atomic E-state index is 13.5. The van der Waals surface area contributed by atoms with Crippen molar-refractivity contribution < 1.29 is 9.53 Å². The smallest absolute Gasteiger partial charge is 0.274 e. The predicted octanol–water partition coefficient (Wildman–Crippen LogP) is 4.82. The molecule has 1 aliphatic carbocycles. The molecule has 152 valence electrons. The molecular weight excluding hydrogens is 372 g/mol. The average Bonchev–Trinajstić information content (AvgIpc) is 3.37. The Hall–Kier alpha value is -3.14. The number of amides is 1. The summed E-state index contributed by atoms with van der Waals surface area (Å²) < 4.78 is 6.29. The van der Waals surface area contributed by atoms with E-state index in [2.05, 4.69) is 34.2 Å². The number of ether oxygens (including phenoxy) is 1. The van der Waals surface area contributed by atoms with Gasteiger partial charge < -0.3 is 9.64 Å². The van der Waals surface area contributed by atoms with E-state index in [-0.39, 0.29) is 12.0 Å². The lowest BCUT2D eigenvalue weighted by Gasteiger charge is -2.38. The fourth-order valence-electron chi connectivity index (χ4n) is 4.77. The summed E-state index contributed by atoms with van der Waals surface area (Å²) >= 11 is 0. The van der Waals surface area contributed by atoms with Crippen LogP contribution in [0.2, 0.25) is 0 Å². The molecule has 0 bridgehead atoms. The van der Waals surface area contributed by atoms with Gasteiger partial charge in [0.05, 0.1) is 6.10 Å². The van der Waals surface area contributed by atoms with Crippen molar-refractivity contribution in [1.82, 2.24) is 4.90 Å². The Morgan fingerprint density at radius 3 is 2.13 bits per heavy atom. The van der Waals surface area contributed by atoms with E-state index >= 15 is 0 Å². The van der Waals surface area contributed by atoms with Gasteiger partial charge in [-0.25, -0.2) is 0 Å². The first-order chi connectivity index (χ1) is 14.7. The normalized spacial score (nSPS) is 20.1. The fraction of sp³-hybridized carbons (Fsp3) is 0.308. The molecule has 2 heterocycles. The highest BCUT2D eigenvalue weighted by molar-refractivity contribution is 6.14. The second kappa shape index (κ2) is 7.94. The lowest BCUT2D eigenvalue weighted by atomic mass is 9.83. The van der Waals surface area contributed by atoms with E-state index in [1.54, 1.807) is 0 Å². The Morgan fingerprint density at radius 1 is 0.933 bits per heavy atom. The average molecular weight is 399 g/mol. The molecule has 0 unspecified atom stereocenters. The van der Waals surface area contributed by atoms with E-state index in [0.29, 0.717) is 18.7 Å². The van der Waals surface area contributed by atoms with E-state index in [1.165, 1.54) is 12.8 Å². The third-order valence-electron chi connectivity index (χ3n) is 6.27. The van der Waals surface area contributed by atoms with Crippen LogP contribution >= 0.6 is 0 Å². The Bertz CT molecular complexity index is 960. The molecule has 5 rings (SSSR count). The summed E-state index contributed by atoms with van der Waals surface area (Å²) in [6.45, 7) is 0. The third-order valence-corrected chi connectivity index (χ3v) is 6.27. The predicted molar refractivity (Wildman–Crippen MR) is 118 cm³/mol. The molecule has 0 radical (unpaired) electrons. The van der Waals surface area contributed by atoms with Crippen molar-refractivity contribution in [3.05, 3.63) is 95.9 Å². The van der Waals surface area contributed by atoms with Gasteiger partial charge in [0.25, 0.3) is 5.91 Å². The van der Waals surface area contributed by atoms with Gasteiger partial charge in [0.15, 0.2) is 11.6 Å². The summed E-state index contributed by atoms with van der Waals surface area (Å²) in [7, 11) is 0. The second-order valence-corrected chi connectivity index (χ2v) is 8.36. The molecule has 0 saturated heterocycles. The summed E-state index contributed by atoms with van der Waals surface area (Å²) in [5.41, 5.74) is 1.46. The number of fused-ring (bicyclic) bond motifs is 1. The second-order valence-electron chi connectivity index (χ2n) is 8.36. The van der Waals surface area contributed by atoms with Gasteiger partial charge in [-0.05, 0) is 49.0 Å². The Kier molecular flexibility index (Phi) is 4.99. The summed E-state index contributed by atoms with van der Waals surface area (Å²) in [5.74, 6) is 1.28. The molecule has 2 aromatic rings. The third kappa shape index (κ3) is 3.47. The van der Waals surface area contributed by atoms with E-state index in [1.807, 2.05) is 54.8 Å². The topological polar surface area (TPSA) is 41.9 Å². The first-order valence-electron chi connectivity index (χ1n) is 10.8. The zero-order valence-corrected chi connectivity index (χ0v) is 17.0. The van der Waals surface area contributed by atoms with Crippen LogP contribution in [-0.2, 0) is 22.4 Å². The van der Waals surface area contributed by atoms with Gasteiger partial charge in [-0.1, -0.05) is 60.7 Å². The van der Waals surface area contributed by atoms with Gasteiger partial charge in [-0.2, -0.15) is 4.99 Å². The van der Waals surface area contributed by atoms with Crippen LogP contribution in [0.25, 0.3) is 0 Å². The maximum Gasteiger partial charge on any atom is 0.274 e. The first-order valence-corrected chi connectivity index (χ1v) is 10.8. The van der Waals surface area contributed by atoms with Crippen LogP contribution in [0.15, 0.2) is 89.8 Å². The molecule has 4 heteroatoms. The number of benzene rings is 2. The number of aliphatic imine (C=N–C) groups is 1. The number of carbonyl (C=O) groups is 1. The lowest BCUT2D eigenvalue weighted by Crippen LogP contribution is -2.53. The van der Waals surface area contributed by atoms with Crippen molar-refractivity contribution in [3.63, 3.8) is 0 Å². The zero-order valence-electron chi connectivity index (χ0n) is 17.0. The summed E-state index contributed by atoms with van der Waals surface area (Å²) in [5, 5.41) is 0. The van der Waals surface area contributed by atoms with Crippen molar-refractivity contribution in [1.29, 1.82) is 0 Å². The van der Waals surface area contributed by atoms with Crippen molar-refractivity contribution in [2.45, 2.75) is 50.2 Å². The minimum absolute atomic E-state index is 0.0994. The Balaban J connectivity index is 1.50. The van der Waals surface area contributed by atoms with Crippen LogP contribution in [0, 0.1) is 0 Å². The SMILES string of the molecule is O=C1N=C2C(OC3CCCC3)=CC=CN2C1(Cc1ccccc1)Cc1ccccc1. The summed E-state index contributed by atoms with van der Waals surface area (Å²) in [6.07, 6.45) is 11.9. The van der Waals surface area contributed by atoms with Gasteiger partial charge in [-0.15, -0.1) is 0 Å². The number of carbonyl (C=O) groups excluding carboxylic acids is 1. The number of hydrogen-bond acceptors (Lipinski definition) is 3. The van der Waals surface area contributed by atoms with E-state index in [9.17, 15) is 4.79 Å². The number of rotatable bonds is 6. The molecule has 4 nitrogen and oxygen atoms in total. The van der Waals surface area contributed by atoms with Gasteiger partial charge in [-0.3, -0.25) is 4.79 Å².